The Morgan fingerprint density at radius 1 is 0.963 bits per heavy atom. The number of halogens is 1. The first-order valence-corrected chi connectivity index (χ1v) is 8.64. The molecular weight excluding hydrogens is 366 g/mol. The topological polar surface area (TPSA) is 97.4 Å². The molecule has 0 spiro atoms. The van der Waals surface area contributed by atoms with Gasteiger partial charge in [0.1, 0.15) is 11.5 Å². The number of carbonyl (C=O) groups excluding carboxylic acids is 2. The number of furan rings is 1. The molecule has 4 N–H and O–H groups in total. The fourth-order valence-corrected chi connectivity index (χ4v) is 2.55. The molecule has 1 heterocycles. The molecule has 0 fully saturated rings. The van der Waals surface area contributed by atoms with Crippen molar-refractivity contribution < 1.29 is 14.0 Å². The number of hydrogen-bond donors (Lipinski definition) is 3. The molecule has 0 saturated heterocycles. The van der Waals surface area contributed by atoms with E-state index in [1.165, 1.54) is 0 Å². The average molecular weight is 384 g/mol. The van der Waals surface area contributed by atoms with Gasteiger partial charge in [-0.25, -0.2) is 0 Å². The summed E-state index contributed by atoms with van der Waals surface area (Å²) in [5, 5.41) is 6.42. The van der Waals surface area contributed by atoms with Crippen LogP contribution in [0.15, 0.2) is 65.1 Å². The minimum Gasteiger partial charge on any atom is -0.459 e. The van der Waals surface area contributed by atoms with Gasteiger partial charge in [0.25, 0.3) is 0 Å². The number of carbonyl (C=O) groups is 2. The predicted molar refractivity (Wildman–Crippen MR) is 104 cm³/mol. The van der Waals surface area contributed by atoms with E-state index in [-0.39, 0.29) is 19.0 Å². The number of nitrogens with one attached hydrogen (secondary N) is 2. The molecule has 7 heteroatoms. The lowest BCUT2D eigenvalue weighted by Gasteiger charge is -2.07. The van der Waals surface area contributed by atoms with E-state index >= 15 is 0 Å². The van der Waals surface area contributed by atoms with Crippen molar-refractivity contribution in [2.24, 2.45) is 5.73 Å². The van der Waals surface area contributed by atoms with Crippen LogP contribution in [0.1, 0.15) is 16.1 Å². The first-order valence-electron chi connectivity index (χ1n) is 8.26. The van der Waals surface area contributed by atoms with Gasteiger partial charge in [0.2, 0.25) is 11.8 Å². The van der Waals surface area contributed by atoms with Crippen LogP contribution < -0.4 is 16.4 Å². The zero-order valence-electron chi connectivity index (χ0n) is 14.4. The number of anilines is 1. The zero-order chi connectivity index (χ0) is 19.2. The molecule has 1 aromatic heterocycles. The van der Waals surface area contributed by atoms with Gasteiger partial charge in [0, 0.05) is 21.8 Å². The Morgan fingerprint density at radius 2 is 1.67 bits per heavy atom. The van der Waals surface area contributed by atoms with Crippen LogP contribution in [0.5, 0.6) is 0 Å². The molecule has 3 aromatic rings. The minimum absolute atomic E-state index is 0.0979. The molecule has 0 aliphatic carbocycles. The summed E-state index contributed by atoms with van der Waals surface area (Å²) < 4.78 is 5.74. The third kappa shape index (κ3) is 5.12. The van der Waals surface area contributed by atoms with E-state index in [1.54, 1.807) is 36.4 Å². The third-order valence-corrected chi connectivity index (χ3v) is 4.12. The lowest BCUT2D eigenvalue weighted by Crippen LogP contribution is -2.29. The van der Waals surface area contributed by atoms with E-state index in [0.29, 0.717) is 22.1 Å². The van der Waals surface area contributed by atoms with Crippen LogP contribution in [0, 0.1) is 0 Å². The molecule has 2 amide bonds. The van der Waals surface area contributed by atoms with E-state index in [1.807, 2.05) is 24.3 Å². The summed E-state index contributed by atoms with van der Waals surface area (Å²) in [6.07, 6.45) is 0. The molecule has 138 valence electrons. The van der Waals surface area contributed by atoms with Gasteiger partial charge < -0.3 is 20.8 Å². The number of benzene rings is 2. The smallest absolute Gasteiger partial charge is 0.248 e. The van der Waals surface area contributed by atoms with Gasteiger partial charge in [-0.3, -0.25) is 9.59 Å². The van der Waals surface area contributed by atoms with Crippen molar-refractivity contribution in [1.29, 1.82) is 0 Å². The molecular formula is C20H18ClN3O3. The fourth-order valence-electron chi connectivity index (χ4n) is 2.43. The van der Waals surface area contributed by atoms with Crippen LogP contribution in [-0.4, -0.2) is 18.4 Å². The maximum Gasteiger partial charge on any atom is 0.248 e. The fraction of sp³-hybridized carbons (Fsp3) is 0.100. The summed E-state index contributed by atoms with van der Waals surface area (Å²) in [5.41, 5.74) is 7.24. The Hall–Kier alpha value is -3.25. The highest BCUT2D eigenvalue weighted by atomic mass is 35.5. The largest absolute Gasteiger partial charge is 0.459 e. The third-order valence-electron chi connectivity index (χ3n) is 3.87. The van der Waals surface area contributed by atoms with E-state index in [9.17, 15) is 9.59 Å². The van der Waals surface area contributed by atoms with Crippen molar-refractivity contribution in [3.63, 3.8) is 0 Å². The Kier molecular flexibility index (Phi) is 5.78. The zero-order valence-corrected chi connectivity index (χ0v) is 15.1. The molecule has 3 rings (SSSR count). The summed E-state index contributed by atoms with van der Waals surface area (Å²) in [7, 11) is 0. The number of primary amides is 1. The van der Waals surface area contributed by atoms with E-state index in [4.69, 9.17) is 21.8 Å². The molecule has 0 unspecified atom stereocenters. The van der Waals surface area contributed by atoms with Crippen LogP contribution in [-0.2, 0) is 11.3 Å². The number of amides is 2. The van der Waals surface area contributed by atoms with Gasteiger partial charge in [-0.05, 0) is 60.7 Å². The van der Waals surface area contributed by atoms with Crippen LogP contribution in [0.2, 0.25) is 5.02 Å². The Labute approximate surface area is 161 Å². The number of hydrogen-bond acceptors (Lipinski definition) is 4. The summed E-state index contributed by atoms with van der Waals surface area (Å²) in [6.45, 7) is 0.384. The van der Waals surface area contributed by atoms with Crippen LogP contribution >= 0.6 is 11.6 Å². The first kappa shape index (κ1) is 18.5. The molecule has 0 aliphatic rings. The molecule has 0 aliphatic heterocycles. The van der Waals surface area contributed by atoms with Gasteiger partial charge in [0.15, 0.2) is 0 Å². The van der Waals surface area contributed by atoms with Crippen LogP contribution in [0.4, 0.5) is 5.69 Å². The van der Waals surface area contributed by atoms with E-state index < -0.39 is 5.91 Å². The lowest BCUT2D eigenvalue weighted by molar-refractivity contribution is -0.119. The summed E-state index contributed by atoms with van der Waals surface area (Å²) in [4.78, 5) is 23.0. The van der Waals surface area contributed by atoms with Crippen molar-refractivity contribution in [3.8, 4) is 11.3 Å². The molecule has 0 atom stereocenters. The standard InChI is InChI=1S/C20H18ClN3O3/c21-15-5-1-13(2-6-15)18-10-9-17(27-18)11-24-19(25)12-23-16-7-3-14(4-8-16)20(22)26/h1-10,23H,11-12H2,(H2,22,26)(H,24,25). The van der Waals surface area contributed by atoms with Crippen LogP contribution in [0.3, 0.4) is 0 Å². The van der Waals surface area contributed by atoms with Gasteiger partial charge in [-0.2, -0.15) is 0 Å². The number of nitrogens with two attached hydrogens (primary N) is 1. The van der Waals surface area contributed by atoms with Crippen LogP contribution in [0.25, 0.3) is 11.3 Å². The van der Waals surface area contributed by atoms with Crippen molar-refractivity contribution in [2.75, 3.05) is 11.9 Å². The molecule has 0 saturated carbocycles. The minimum atomic E-state index is -0.490. The average Bonchev–Trinajstić information content (AvgIpc) is 3.14. The van der Waals surface area contributed by atoms with Crippen molar-refractivity contribution in [1.82, 2.24) is 5.32 Å². The van der Waals surface area contributed by atoms with Crippen molar-refractivity contribution in [3.05, 3.63) is 77.0 Å². The van der Waals surface area contributed by atoms with E-state index in [2.05, 4.69) is 10.6 Å². The molecule has 2 aromatic carbocycles. The normalized spacial score (nSPS) is 10.4. The second-order valence-corrected chi connectivity index (χ2v) is 6.28. The summed E-state index contributed by atoms with van der Waals surface area (Å²) in [5.74, 6) is 0.692. The van der Waals surface area contributed by atoms with E-state index in [0.717, 1.165) is 11.3 Å². The Morgan fingerprint density at radius 3 is 2.33 bits per heavy atom. The Balaban J connectivity index is 1.48. The second-order valence-electron chi connectivity index (χ2n) is 5.84. The SMILES string of the molecule is NC(=O)c1ccc(NCC(=O)NCc2ccc(-c3ccc(Cl)cc3)o2)cc1. The summed E-state index contributed by atoms with van der Waals surface area (Å²) in [6, 6.07) is 17.6. The maximum atomic E-state index is 12.0. The highest BCUT2D eigenvalue weighted by Gasteiger charge is 2.07. The van der Waals surface area contributed by atoms with Crippen molar-refractivity contribution >= 4 is 29.1 Å². The quantitative estimate of drug-likeness (QED) is 0.582. The molecule has 0 radical (unpaired) electrons. The molecule has 6 nitrogen and oxygen atoms in total. The maximum absolute atomic E-state index is 12.0. The van der Waals surface area contributed by atoms with Gasteiger partial charge in [-0.15, -0.1) is 0 Å². The highest BCUT2D eigenvalue weighted by Crippen LogP contribution is 2.23. The predicted octanol–water partition coefficient (Wildman–Crippen LogP) is 3.43. The highest BCUT2D eigenvalue weighted by molar-refractivity contribution is 6.30. The molecule has 27 heavy (non-hydrogen) atoms. The van der Waals surface area contributed by atoms with Gasteiger partial charge in [0.05, 0.1) is 13.1 Å². The summed E-state index contributed by atoms with van der Waals surface area (Å²) >= 11 is 5.88. The second kappa shape index (κ2) is 8.42. The van der Waals surface area contributed by atoms with Gasteiger partial charge in [-0.1, -0.05) is 11.6 Å². The first-order chi connectivity index (χ1) is 13.0. The number of rotatable bonds is 7. The monoisotopic (exact) mass is 383 g/mol. The lowest BCUT2D eigenvalue weighted by atomic mass is 10.2. The molecule has 0 bridgehead atoms. The Bertz CT molecular complexity index is 934. The van der Waals surface area contributed by atoms with Crippen molar-refractivity contribution in [2.45, 2.75) is 6.54 Å². The van der Waals surface area contributed by atoms with Gasteiger partial charge >= 0.3 is 0 Å².